The quantitative estimate of drug-likeness (QED) is 0.144. The number of pyridine rings is 1. The molecule has 0 spiro atoms. The average Bonchev–Trinajstić information content (AvgIpc) is 3.54. The van der Waals surface area contributed by atoms with Crippen LogP contribution in [0.2, 0.25) is 0 Å². The Morgan fingerprint density at radius 1 is 0.826 bits per heavy atom. The molecule has 0 aliphatic carbocycles. The fourth-order valence-electron chi connectivity index (χ4n) is 6.27. The van der Waals surface area contributed by atoms with Crippen molar-refractivity contribution in [2.75, 3.05) is 0 Å². The minimum Gasteiger partial charge on any atom is -0.509 e. The molecule has 7 rings (SSSR count). The number of benzene rings is 4. The average molecular weight is 784 g/mol. The fourth-order valence-corrected chi connectivity index (χ4v) is 6.27. The Labute approximate surface area is 285 Å². The van der Waals surface area contributed by atoms with Crippen molar-refractivity contribution in [3.8, 4) is 34.1 Å². The summed E-state index contributed by atoms with van der Waals surface area (Å²) >= 11 is 0. The van der Waals surface area contributed by atoms with E-state index in [4.69, 9.17) is 14.8 Å². The first-order chi connectivity index (χ1) is 21.9. The molecule has 3 aromatic heterocycles. The molecule has 4 aromatic carbocycles. The summed E-state index contributed by atoms with van der Waals surface area (Å²) in [5.41, 5.74) is 9.77. The van der Waals surface area contributed by atoms with Crippen molar-refractivity contribution < 1.29 is 25.8 Å². The van der Waals surface area contributed by atoms with E-state index in [9.17, 15) is 0 Å². The molecule has 5 nitrogen and oxygen atoms in total. The monoisotopic (exact) mass is 783 g/mol. The molecule has 0 radical (unpaired) electrons. The Hall–Kier alpha value is -4.47. The summed E-state index contributed by atoms with van der Waals surface area (Å²) in [7, 11) is 0. The van der Waals surface area contributed by atoms with Crippen LogP contribution in [-0.4, -0.2) is 19.3 Å². The maximum absolute atomic E-state index is 6.44. The zero-order valence-corrected chi connectivity index (χ0v) is 29.0. The zero-order valence-electron chi connectivity index (χ0n) is 26.7. The number of ether oxygens (including phenoxy) is 1. The third kappa shape index (κ3) is 5.81. The van der Waals surface area contributed by atoms with Crippen molar-refractivity contribution in [1.29, 1.82) is 0 Å². The first-order valence-electron chi connectivity index (χ1n) is 15.7. The smallest absolute Gasteiger partial charge is 0.509 e. The van der Waals surface area contributed by atoms with Gasteiger partial charge in [-0.15, -0.1) is 35.7 Å². The molecule has 6 heteroatoms. The maximum Gasteiger partial charge on any atom is 2.00 e. The summed E-state index contributed by atoms with van der Waals surface area (Å²) in [5, 5.41) is 7.19. The van der Waals surface area contributed by atoms with Crippen molar-refractivity contribution in [3.05, 3.63) is 132 Å². The number of aryl methyl sites for hydroxylation is 2. The molecule has 0 N–H and O–H groups in total. The third-order valence-corrected chi connectivity index (χ3v) is 8.47. The molecule has 0 saturated carbocycles. The molecule has 0 atom stereocenters. The minimum atomic E-state index is 0. The van der Waals surface area contributed by atoms with Gasteiger partial charge in [-0.1, -0.05) is 75.2 Å². The van der Waals surface area contributed by atoms with Crippen LogP contribution in [0, 0.1) is 26.0 Å². The third-order valence-electron chi connectivity index (χ3n) is 8.47. The molecule has 0 aliphatic heterocycles. The van der Waals surface area contributed by atoms with Gasteiger partial charge >= 0.3 is 21.1 Å². The van der Waals surface area contributed by atoms with Crippen molar-refractivity contribution in [2.45, 2.75) is 53.4 Å². The van der Waals surface area contributed by atoms with Crippen LogP contribution in [0.5, 0.6) is 11.5 Å². The van der Waals surface area contributed by atoms with E-state index in [0.717, 1.165) is 63.3 Å². The largest absolute Gasteiger partial charge is 2.00 e. The van der Waals surface area contributed by atoms with Gasteiger partial charge in [0.05, 0.1) is 5.69 Å². The van der Waals surface area contributed by atoms with E-state index in [1.54, 1.807) is 0 Å². The van der Waals surface area contributed by atoms with E-state index in [1.807, 2.05) is 48.1 Å². The fraction of sp³-hybridized carbons (Fsp3) is 0.200. The summed E-state index contributed by atoms with van der Waals surface area (Å²) in [6, 6.07) is 38.5. The van der Waals surface area contributed by atoms with Gasteiger partial charge in [0.15, 0.2) is 0 Å². The van der Waals surface area contributed by atoms with Gasteiger partial charge in [-0.3, -0.25) is 4.68 Å². The molecule has 0 bridgehead atoms. The molecule has 232 valence electrons. The van der Waals surface area contributed by atoms with E-state index in [2.05, 4.69) is 105 Å². The van der Waals surface area contributed by atoms with Crippen LogP contribution in [0.25, 0.3) is 44.4 Å². The molecular weight excluding hydrogens is 748 g/mol. The van der Waals surface area contributed by atoms with Crippen LogP contribution in [0.3, 0.4) is 0 Å². The Morgan fingerprint density at radius 3 is 2.41 bits per heavy atom. The molecule has 46 heavy (non-hydrogen) atoms. The zero-order chi connectivity index (χ0) is 31.1. The Morgan fingerprint density at radius 2 is 1.63 bits per heavy atom. The SMILES string of the molecule is CCCc1ccc2c(c1)c1ccc(Oc3[c-]c(-n4nc(C)c(-c5ccccc5)c4C)ccc3)[c-]c1n2-c1cc(C(C)C)ccn1.[Pt+2]. The van der Waals surface area contributed by atoms with Crippen LogP contribution in [-0.2, 0) is 27.5 Å². The summed E-state index contributed by atoms with van der Waals surface area (Å²) in [4.78, 5) is 4.81. The second-order valence-electron chi connectivity index (χ2n) is 11.9. The van der Waals surface area contributed by atoms with Gasteiger partial charge in [-0.2, -0.15) is 17.2 Å². The normalized spacial score (nSPS) is 11.3. The summed E-state index contributed by atoms with van der Waals surface area (Å²) in [6.07, 6.45) is 4.05. The standard InChI is InChI=1S/C40H36N4O.Pt/c1-6-11-29-16-19-37-36(22-29)35-18-17-34(25-38(35)43(37)39-23-31(26(2)3)20-21-41-39)45-33-15-10-14-32(24-33)44-28(5)40(27(4)42-44)30-12-8-7-9-13-30;/h7-10,12-23,26H,6,11H2,1-5H3;/q-2;+2. The number of hydrogen-bond donors (Lipinski definition) is 0. The van der Waals surface area contributed by atoms with Crippen molar-refractivity contribution in [3.63, 3.8) is 0 Å². The number of aromatic nitrogens is 4. The van der Waals surface area contributed by atoms with Crippen LogP contribution >= 0.6 is 0 Å². The van der Waals surface area contributed by atoms with Gasteiger partial charge in [-0.05, 0) is 72.1 Å². The van der Waals surface area contributed by atoms with E-state index in [1.165, 1.54) is 16.5 Å². The van der Waals surface area contributed by atoms with Gasteiger partial charge in [-0.25, -0.2) is 4.98 Å². The van der Waals surface area contributed by atoms with Crippen molar-refractivity contribution in [2.24, 2.45) is 0 Å². The van der Waals surface area contributed by atoms with Crippen LogP contribution in [0.4, 0.5) is 0 Å². The molecule has 7 aromatic rings. The van der Waals surface area contributed by atoms with E-state index >= 15 is 0 Å². The first-order valence-corrected chi connectivity index (χ1v) is 15.7. The van der Waals surface area contributed by atoms with E-state index < -0.39 is 0 Å². The van der Waals surface area contributed by atoms with Crippen LogP contribution < -0.4 is 4.74 Å². The second-order valence-corrected chi connectivity index (χ2v) is 11.9. The molecule has 0 amide bonds. The van der Waals surface area contributed by atoms with Gasteiger partial charge in [0.25, 0.3) is 0 Å². The summed E-state index contributed by atoms with van der Waals surface area (Å²) in [6.45, 7) is 10.8. The molecule has 0 aliphatic rings. The number of hydrogen-bond acceptors (Lipinski definition) is 3. The maximum atomic E-state index is 6.44. The molecule has 0 unspecified atom stereocenters. The van der Waals surface area contributed by atoms with Crippen molar-refractivity contribution >= 4 is 21.8 Å². The number of nitrogens with zero attached hydrogens (tertiary/aromatic N) is 4. The summed E-state index contributed by atoms with van der Waals surface area (Å²) < 4.78 is 10.6. The van der Waals surface area contributed by atoms with Gasteiger partial charge in [0.1, 0.15) is 5.82 Å². The Balaban J connectivity index is 0.00000372. The Bertz CT molecular complexity index is 2160. The molecule has 3 heterocycles. The predicted molar refractivity (Wildman–Crippen MR) is 183 cm³/mol. The minimum absolute atomic E-state index is 0. The van der Waals surface area contributed by atoms with Crippen LogP contribution in [0.1, 0.15) is 55.6 Å². The van der Waals surface area contributed by atoms with Gasteiger partial charge in [0, 0.05) is 34.5 Å². The van der Waals surface area contributed by atoms with Crippen molar-refractivity contribution in [1.82, 2.24) is 19.3 Å². The molecule has 0 fully saturated rings. The predicted octanol–water partition coefficient (Wildman–Crippen LogP) is 10.1. The number of fused-ring (bicyclic) bond motifs is 3. The molecular formula is C40H36N4OPt. The Kier molecular flexibility index (Phi) is 8.97. The second kappa shape index (κ2) is 13.1. The molecule has 0 saturated heterocycles. The topological polar surface area (TPSA) is 44.9 Å². The van der Waals surface area contributed by atoms with E-state index in [0.29, 0.717) is 17.4 Å². The van der Waals surface area contributed by atoms with E-state index in [-0.39, 0.29) is 21.1 Å². The van der Waals surface area contributed by atoms with Crippen LogP contribution in [0.15, 0.2) is 97.2 Å². The van der Waals surface area contributed by atoms with Gasteiger partial charge < -0.3 is 9.30 Å². The van der Waals surface area contributed by atoms with Gasteiger partial charge in [0.2, 0.25) is 0 Å². The summed E-state index contributed by atoms with van der Waals surface area (Å²) in [5.74, 6) is 2.50. The first kappa shape index (κ1) is 31.5. The number of rotatable bonds is 8.